The molecular weight excluding hydrogens is 361 g/mol. The molecule has 10 heteroatoms. The lowest BCUT2D eigenvalue weighted by molar-refractivity contribution is -0.137. The van der Waals surface area contributed by atoms with Crippen molar-refractivity contribution in [3.8, 4) is 0 Å². The van der Waals surface area contributed by atoms with E-state index in [-0.39, 0.29) is 5.65 Å². The van der Waals surface area contributed by atoms with Crippen LogP contribution >= 0.6 is 0 Å². The number of fused-ring (bicyclic) bond motifs is 1. The van der Waals surface area contributed by atoms with Gasteiger partial charge in [-0.3, -0.25) is 5.32 Å². The van der Waals surface area contributed by atoms with Crippen molar-refractivity contribution in [1.29, 1.82) is 0 Å². The van der Waals surface area contributed by atoms with Gasteiger partial charge in [-0.1, -0.05) is 0 Å². The summed E-state index contributed by atoms with van der Waals surface area (Å²) in [5, 5.41) is 8.03. The zero-order valence-corrected chi connectivity index (χ0v) is 14.1. The molecule has 7 nitrogen and oxygen atoms in total. The fourth-order valence-electron chi connectivity index (χ4n) is 2.24. The van der Waals surface area contributed by atoms with Crippen molar-refractivity contribution in [1.82, 2.24) is 20.3 Å². The van der Waals surface area contributed by atoms with Gasteiger partial charge in [-0.05, 0) is 43.3 Å². The summed E-state index contributed by atoms with van der Waals surface area (Å²) in [6, 6.07) is 7.40. The van der Waals surface area contributed by atoms with Crippen molar-refractivity contribution in [3.05, 3.63) is 48.2 Å². The van der Waals surface area contributed by atoms with E-state index >= 15 is 0 Å². The lowest BCUT2D eigenvalue weighted by atomic mass is 10.2. The Hall–Kier alpha value is -3.43. The molecule has 0 unspecified atom stereocenters. The van der Waals surface area contributed by atoms with E-state index in [2.05, 4.69) is 30.9 Å². The first-order valence-corrected chi connectivity index (χ1v) is 7.98. The molecule has 2 amide bonds. The van der Waals surface area contributed by atoms with Crippen LogP contribution in [0.15, 0.2) is 42.6 Å². The van der Waals surface area contributed by atoms with E-state index in [4.69, 9.17) is 0 Å². The molecule has 1 aromatic carbocycles. The highest BCUT2D eigenvalue weighted by Crippen LogP contribution is 2.30. The number of amides is 2. The predicted molar refractivity (Wildman–Crippen MR) is 94.8 cm³/mol. The van der Waals surface area contributed by atoms with Crippen LogP contribution in [0.3, 0.4) is 0 Å². The molecule has 0 spiro atoms. The summed E-state index contributed by atoms with van der Waals surface area (Å²) >= 11 is 0. The number of anilines is 3. The van der Waals surface area contributed by atoms with Crippen LogP contribution in [0.25, 0.3) is 11.2 Å². The van der Waals surface area contributed by atoms with Gasteiger partial charge in [-0.25, -0.2) is 19.7 Å². The van der Waals surface area contributed by atoms with Gasteiger partial charge in [0.25, 0.3) is 0 Å². The van der Waals surface area contributed by atoms with E-state index in [9.17, 15) is 18.0 Å². The number of urea groups is 1. The first kappa shape index (κ1) is 18.4. The van der Waals surface area contributed by atoms with Gasteiger partial charge in [-0.15, -0.1) is 0 Å². The Morgan fingerprint density at radius 2 is 1.74 bits per heavy atom. The topological polar surface area (TPSA) is 91.8 Å². The summed E-state index contributed by atoms with van der Waals surface area (Å²) in [5.41, 5.74) is 0.476. The van der Waals surface area contributed by atoms with Crippen LogP contribution in [0.5, 0.6) is 0 Å². The van der Waals surface area contributed by atoms with Crippen molar-refractivity contribution < 1.29 is 18.0 Å². The molecule has 2 aromatic heterocycles. The van der Waals surface area contributed by atoms with Gasteiger partial charge >= 0.3 is 12.2 Å². The normalized spacial score (nSPS) is 11.3. The van der Waals surface area contributed by atoms with Crippen molar-refractivity contribution in [2.75, 3.05) is 17.2 Å². The Labute approximate surface area is 152 Å². The maximum absolute atomic E-state index is 12.6. The minimum Gasteiger partial charge on any atom is -0.339 e. The molecule has 0 aliphatic carbocycles. The number of halogens is 3. The molecule has 0 aliphatic heterocycles. The second kappa shape index (κ2) is 7.44. The van der Waals surface area contributed by atoms with E-state index in [1.54, 1.807) is 19.1 Å². The third-order valence-electron chi connectivity index (χ3n) is 3.47. The van der Waals surface area contributed by atoms with Crippen LogP contribution in [0.1, 0.15) is 12.5 Å². The van der Waals surface area contributed by atoms with Crippen molar-refractivity contribution in [2.24, 2.45) is 0 Å². The van der Waals surface area contributed by atoms with E-state index in [1.807, 2.05) is 0 Å². The van der Waals surface area contributed by atoms with Crippen LogP contribution in [-0.4, -0.2) is 27.5 Å². The number of benzene rings is 1. The second-order valence-corrected chi connectivity index (χ2v) is 5.48. The molecule has 0 saturated carbocycles. The van der Waals surface area contributed by atoms with Crippen molar-refractivity contribution >= 4 is 34.5 Å². The highest BCUT2D eigenvalue weighted by Gasteiger charge is 2.29. The molecule has 27 heavy (non-hydrogen) atoms. The average molecular weight is 376 g/mol. The number of pyridine rings is 1. The highest BCUT2D eigenvalue weighted by atomic mass is 19.4. The summed E-state index contributed by atoms with van der Waals surface area (Å²) in [6.07, 6.45) is -2.95. The lowest BCUT2D eigenvalue weighted by Gasteiger charge is -2.09. The smallest absolute Gasteiger partial charge is 0.339 e. The van der Waals surface area contributed by atoms with Gasteiger partial charge in [-0.2, -0.15) is 13.2 Å². The van der Waals surface area contributed by atoms with Crippen LogP contribution in [0, 0.1) is 0 Å². The fraction of sp³-hybridized carbons (Fsp3) is 0.176. The van der Waals surface area contributed by atoms with E-state index in [0.29, 0.717) is 29.4 Å². The number of alkyl halides is 3. The molecule has 140 valence electrons. The van der Waals surface area contributed by atoms with Gasteiger partial charge in [0, 0.05) is 12.2 Å². The van der Waals surface area contributed by atoms with Gasteiger partial charge in [0.2, 0.25) is 0 Å². The molecule has 0 saturated heterocycles. The number of aromatic nitrogens is 3. The van der Waals surface area contributed by atoms with Crippen LogP contribution in [-0.2, 0) is 6.18 Å². The van der Waals surface area contributed by atoms with Gasteiger partial charge in [0.1, 0.15) is 11.3 Å². The Morgan fingerprint density at radius 3 is 2.41 bits per heavy atom. The zero-order chi connectivity index (χ0) is 19.4. The maximum Gasteiger partial charge on any atom is 0.416 e. The minimum atomic E-state index is -4.39. The van der Waals surface area contributed by atoms with E-state index < -0.39 is 17.8 Å². The number of hydrogen-bond donors (Lipinski definition) is 3. The molecule has 0 aliphatic rings. The molecule has 0 atom stereocenters. The van der Waals surface area contributed by atoms with Gasteiger partial charge in [0.05, 0.1) is 11.8 Å². The molecule has 0 fully saturated rings. The van der Waals surface area contributed by atoms with Gasteiger partial charge in [0.15, 0.2) is 11.5 Å². The summed E-state index contributed by atoms with van der Waals surface area (Å²) in [6.45, 7) is 2.26. The first-order chi connectivity index (χ1) is 12.8. The van der Waals surface area contributed by atoms with Crippen LogP contribution in [0.4, 0.5) is 35.3 Å². The number of nitrogens with zero attached hydrogens (tertiary/aromatic N) is 3. The number of carbonyl (C=O) groups excluding carboxylic acids is 1. The zero-order valence-electron chi connectivity index (χ0n) is 14.1. The third kappa shape index (κ3) is 4.60. The third-order valence-corrected chi connectivity index (χ3v) is 3.47. The Morgan fingerprint density at radius 1 is 1.04 bits per heavy atom. The highest BCUT2D eigenvalue weighted by molar-refractivity contribution is 5.89. The summed E-state index contributed by atoms with van der Waals surface area (Å²) < 4.78 is 37.8. The van der Waals surface area contributed by atoms with E-state index in [1.165, 1.54) is 18.3 Å². The summed E-state index contributed by atoms with van der Waals surface area (Å²) in [5.74, 6) is 0.611. The molecule has 2 heterocycles. The quantitative estimate of drug-likeness (QED) is 0.642. The first-order valence-electron chi connectivity index (χ1n) is 7.98. The van der Waals surface area contributed by atoms with Crippen molar-refractivity contribution in [2.45, 2.75) is 13.1 Å². The Bertz CT molecular complexity index is 959. The number of hydrogen-bond acceptors (Lipinski definition) is 5. The molecule has 3 aromatic rings. The second-order valence-electron chi connectivity index (χ2n) is 5.48. The minimum absolute atomic E-state index is 0.279. The Kier molecular flexibility index (Phi) is 5.06. The number of rotatable bonds is 4. The largest absolute Gasteiger partial charge is 0.416 e. The van der Waals surface area contributed by atoms with Gasteiger partial charge < -0.3 is 10.6 Å². The maximum atomic E-state index is 12.6. The lowest BCUT2D eigenvalue weighted by Crippen LogP contribution is -2.28. The monoisotopic (exact) mass is 376 g/mol. The average Bonchev–Trinajstić information content (AvgIpc) is 2.61. The molecular formula is C17H15F3N6O. The summed E-state index contributed by atoms with van der Waals surface area (Å²) in [4.78, 5) is 24.2. The SMILES string of the molecule is CCNC(=O)Nc1ccc2ncc(Nc3ccc(C(F)(F)F)cc3)nc2n1. The summed E-state index contributed by atoms with van der Waals surface area (Å²) in [7, 11) is 0. The van der Waals surface area contributed by atoms with Crippen molar-refractivity contribution in [3.63, 3.8) is 0 Å². The standard InChI is InChI=1S/C17H15F3N6O/c1-2-21-16(27)26-13-8-7-12-15(24-13)25-14(9-22-12)23-11-5-3-10(4-6-11)17(18,19)20/h3-9H,2H2,1H3,(H3,21,23,24,25,26,27). The van der Waals surface area contributed by atoms with E-state index in [0.717, 1.165) is 12.1 Å². The number of nitrogens with one attached hydrogen (secondary N) is 3. The molecule has 3 rings (SSSR count). The van der Waals surface area contributed by atoms with Crippen LogP contribution < -0.4 is 16.0 Å². The molecule has 0 radical (unpaired) electrons. The van der Waals surface area contributed by atoms with Crippen LogP contribution in [0.2, 0.25) is 0 Å². The molecule has 3 N–H and O–H groups in total. The Balaban J connectivity index is 1.79. The molecule has 0 bridgehead atoms. The number of carbonyl (C=O) groups is 1. The fourth-order valence-corrected chi connectivity index (χ4v) is 2.24. The predicted octanol–water partition coefficient (Wildman–Crippen LogP) is 3.93.